The molecular weight excluding hydrogens is 258 g/mol. The summed E-state index contributed by atoms with van der Waals surface area (Å²) in [5, 5.41) is 0. The van der Waals surface area contributed by atoms with Crippen molar-refractivity contribution in [3.63, 3.8) is 0 Å². The van der Waals surface area contributed by atoms with Gasteiger partial charge in [0.2, 0.25) is 0 Å². The van der Waals surface area contributed by atoms with Crippen LogP contribution in [0, 0.1) is 11.8 Å². The Morgan fingerprint density at radius 1 is 1.10 bits per heavy atom. The van der Waals surface area contributed by atoms with Crippen LogP contribution in [0.3, 0.4) is 0 Å². The van der Waals surface area contributed by atoms with E-state index >= 15 is 0 Å². The molecule has 1 aromatic heterocycles. The number of pyridine rings is 1. The minimum absolute atomic E-state index is 0.818. The lowest BCUT2D eigenvalue weighted by molar-refractivity contribution is 0.175. The fourth-order valence-corrected chi connectivity index (χ4v) is 3.83. The Morgan fingerprint density at radius 3 is 2.62 bits per heavy atom. The summed E-state index contributed by atoms with van der Waals surface area (Å²) in [5.74, 6) is 1.66. The van der Waals surface area contributed by atoms with Crippen LogP contribution >= 0.6 is 0 Å². The molecule has 0 spiro atoms. The van der Waals surface area contributed by atoms with Crippen LogP contribution in [0.4, 0.5) is 5.69 Å². The molecule has 21 heavy (non-hydrogen) atoms. The first-order valence-electron chi connectivity index (χ1n) is 8.63. The predicted molar refractivity (Wildman–Crippen MR) is 88.5 cm³/mol. The molecule has 3 heterocycles. The van der Waals surface area contributed by atoms with Gasteiger partial charge in [-0.25, -0.2) is 0 Å². The maximum Gasteiger partial charge on any atom is 0.0564 e. The van der Waals surface area contributed by atoms with Gasteiger partial charge >= 0.3 is 0 Å². The maximum absolute atomic E-state index is 4.60. The first-order chi connectivity index (χ1) is 10.2. The Bertz CT molecular complexity index is 460. The zero-order chi connectivity index (χ0) is 14.7. The highest BCUT2D eigenvalue weighted by atomic mass is 15.2. The van der Waals surface area contributed by atoms with Gasteiger partial charge in [0.25, 0.3) is 0 Å². The van der Waals surface area contributed by atoms with E-state index in [-0.39, 0.29) is 0 Å². The van der Waals surface area contributed by atoms with Crippen LogP contribution in [0.5, 0.6) is 0 Å². The summed E-state index contributed by atoms with van der Waals surface area (Å²) >= 11 is 0. The summed E-state index contributed by atoms with van der Waals surface area (Å²) in [7, 11) is 0. The molecule has 3 heteroatoms. The largest absolute Gasteiger partial charge is 0.371 e. The van der Waals surface area contributed by atoms with Crippen molar-refractivity contribution in [3.05, 3.63) is 24.0 Å². The molecule has 1 aromatic rings. The van der Waals surface area contributed by atoms with Crippen molar-refractivity contribution in [3.8, 4) is 0 Å². The number of anilines is 1. The van der Waals surface area contributed by atoms with Crippen LogP contribution < -0.4 is 4.90 Å². The average Bonchev–Trinajstić information content (AvgIpc) is 2.47. The fourth-order valence-electron chi connectivity index (χ4n) is 3.83. The monoisotopic (exact) mass is 287 g/mol. The van der Waals surface area contributed by atoms with Gasteiger partial charge in [0.05, 0.1) is 5.69 Å². The first kappa shape index (κ1) is 14.8. The molecule has 0 N–H and O–H groups in total. The molecule has 0 amide bonds. The van der Waals surface area contributed by atoms with Gasteiger partial charge in [0, 0.05) is 38.1 Å². The number of nitrogens with zero attached hydrogens (tertiary/aromatic N) is 3. The molecule has 2 aliphatic rings. The second-order valence-corrected chi connectivity index (χ2v) is 7.18. The summed E-state index contributed by atoms with van der Waals surface area (Å²) in [5.41, 5.74) is 2.61. The molecule has 3 nitrogen and oxygen atoms in total. The summed E-state index contributed by atoms with van der Waals surface area (Å²) in [4.78, 5) is 9.71. The zero-order valence-electron chi connectivity index (χ0n) is 13.6. The summed E-state index contributed by atoms with van der Waals surface area (Å²) in [6, 6.07) is 4.50. The first-order valence-corrected chi connectivity index (χ1v) is 8.63. The minimum Gasteiger partial charge on any atom is -0.371 e. The molecule has 116 valence electrons. The molecule has 0 saturated carbocycles. The number of hydrogen-bond acceptors (Lipinski definition) is 3. The van der Waals surface area contributed by atoms with Crippen molar-refractivity contribution in [2.75, 3.05) is 31.1 Å². The van der Waals surface area contributed by atoms with Gasteiger partial charge in [-0.3, -0.25) is 9.88 Å². The lowest BCUT2D eigenvalue weighted by atomic mass is 9.99. The van der Waals surface area contributed by atoms with Crippen molar-refractivity contribution < 1.29 is 0 Å². The Kier molecular flexibility index (Phi) is 4.79. The van der Waals surface area contributed by atoms with Crippen LogP contribution in [-0.2, 0) is 6.54 Å². The zero-order valence-corrected chi connectivity index (χ0v) is 13.6. The van der Waals surface area contributed by atoms with E-state index in [0.29, 0.717) is 0 Å². The Hall–Kier alpha value is -1.09. The van der Waals surface area contributed by atoms with Crippen molar-refractivity contribution in [2.24, 2.45) is 11.8 Å². The van der Waals surface area contributed by atoms with E-state index in [0.717, 1.165) is 18.4 Å². The standard InChI is InChI=1S/C18H29N3/c1-15-5-3-9-20(12-15)14-17-11-18(7-8-19-17)21-10-4-6-16(2)13-21/h7-8,11,15-16H,3-6,9-10,12-14H2,1-2H3. The number of aromatic nitrogens is 1. The number of hydrogen-bond donors (Lipinski definition) is 0. The molecule has 0 aliphatic carbocycles. The molecule has 2 atom stereocenters. The topological polar surface area (TPSA) is 19.4 Å². The van der Waals surface area contributed by atoms with Crippen molar-refractivity contribution in [1.29, 1.82) is 0 Å². The molecular formula is C18H29N3. The van der Waals surface area contributed by atoms with E-state index in [4.69, 9.17) is 0 Å². The van der Waals surface area contributed by atoms with Gasteiger partial charge in [0.15, 0.2) is 0 Å². The highest BCUT2D eigenvalue weighted by Crippen LogP contribution is 2.24. The van der Waals surface area contributed by atoms with Crippen LogP contribution in [0.15, 0.2) is 18.3 Å². The number of likely N-dealkylation sites (tertiary alicyclic amines) is 1. The predicted octanol–water partition coefficient (Wildman–Crippen LogP) is 3.55. The van der Waals surface area contributed by atoms with Gasteiger partial charge in [-0.2, -0.15) is 0 Å². The van der Waals surface area contributed by atoms with Crippen molar-refractivity contribution in [1.82, 2.24) is 9.88 Å². The van der Waals surface area contributed by atoms with Gasteiger partial charge < -0.3 is 4.90 Å². The van der Waals surface area contributed by atoms with Crippen LogP contribution in [0.1, 0.15) is 45.2 Å². The van der Waals surface area contributed by atoms with Gasteiger partial charge in [-0.1, -0.05) is 13.8 Å². The highest BCUT2D eigenvalue weighted by Gasteiger charge is 2.19. The second kappa shape index (κ2) is 6.78. The normalized spacial score (nSPS) is 27.8. The van der Waals surface area contributed by atoms with Gasteiger partial charge in [-0.05, 0) is 56.2 Å². The Labute approximate surface area is 129 Å². The summed E-state index contributed by atoms with van der Waals surface area (Å²) < 4.78 is 0. The molecule has 2 saturated heterocycles. The third-order valence-corrected chi connectivity index (χ3v) is 4.95. The molecule has 0 bridgehead atoms. The maximum atomic E-state index is 4.60. The van der Waals surface area contributed by atoms with E-state index < -0.39 is 0 Å². The van der Waals surface area contributed by atoms with Crippen LogP contribution in [0.2, 0.25) is 0 Å². The summed E-state index contributed by atoms with van der Waals surface area (Å²) in [6.07, 6.45) is 7.42. The van der Waals surface area contributed by atoms with Crippen molar-refractivity contribution >= 4 is 5.69 Å². The van der Waals surface area contributed by atoms with Gasteiger partial charge in [0.1, 0.15) is 0 Å². The summed E-state index contributed by atoms with van der Waals surface area (Å²) in [6.45, 7) is 10.6. The SMILES string of the molecule is CC1CCCN(Cc2cc(N3CCCC(C)C3)ccn2)C1. The van der Waals surface area contributed by atoms with Gasteiger partial charge in [-0.15, -0.1) is 0 Å². The van der Waals surface area contributed by atoms with E-state index in [2.05, 4.69) is 40.8 Å². The minimum atomic E-state index is 0.818. The second-order valence-electron chi connectivity index (χ2n) is 7.18. The molecule has 0 radical (unpaired) electrons. The molecule has 2 fully saturated rings. The number of rotatable bonds is 3. The van der Waals surface area contributed by atoms with E-state index in [1.807, 2.05) is 6.20 Å². The van der Waals surface area contributed by atoms with Crippen LogP contribution in [-0.4, -0.2) is 36.1 Å². The lowest BCUT2D eigenvalue weighted by Gasteiger charge is -2.33. The van der Waals surface area contributed by atoms with Crippen LogP contribution in [0.25, 0.3) is 0 Å². The molecule has 2 unspecified atom stereocenters. The smallest absolute Gasteiger partial charge is 0.0564 e. The Morgan fingerprint density at radius 2 is 1.86 bits per heavy atom. The van der Waals surface area contributed by atoms with Crippen molar-refractivity contribution in [2.45, 2.75) is 46.1 Å². The van der Waals surface area contributed by atoms with E-state index in [1.165, 1.54) is 63.2 Å². The number of piperidine rings is 2. The Balaban J connectivity index is 1.65. The third kappa shape index (κ3) is 3.97. The molecule has 3 rings (SSSR count). The third-order valence-electron chi connectivity index (χ3n) is 4.95. The molecule has 2 aliphatic heterocycles. The van der Waals surface area contributed by atoms with E-state index in [9.17, 15) is 0 Å². The highest BCUT2D eigenvalue weighted by molar-refractivity contribution is 5.47. The molecule has 0 aromatic carbocycles. The fraction of sp³-hybridized carbons (Fsp3) is 0.722. The quantitative estimate of drug-likeness (QED) is 0.847. The lowest BCUT2D eigenvalue weighted by Crippen LogP contribution is -2.35. The average molecular weight is 287 g/mol. The van der Waals surface area contributed by atoms with E-state index in [1.54, 1.807) is 0 Å².